The van der Waals surface area contributed by atoms with Crippen LogP contribution in [0.4, 0.5) is 0 Å². The van der Waals surface area contributed by atoms with E-state index >= 15 is 0 Å². The lowest BCUT2D eigenvalue weighted by molar-refractivity contribution is 0.414. The Morgan fingerprint density at radius 3 is 2.40 bits per heavy atom. The second kappa shape index (κ2) is 5.03. The maximum absolute atomic E-state index is 6.22. The highest BCUT2D eigenvalue weighted by Gasteiger charge is 2.20. The number of benzene rings is 3. The molecule has 0 amide bonds. The van der Waals surface area contributed by atoms with Gasteiger partial charge in [0.15, 0.2) is 11.2 Å². The average Bonchev–Trinajstić information content (AvgIpc) is 3.18. The molecular formula is C22H18O3. The number of rotatable bonds is 2. The second-order valence-electron chi connectivity index (χ2n) is 6.76. The van der Waals surface area contributed by atoms with E-state index in [1.54, 1.807) is 7.11 Å². The van der Waals surface area contributed by atoms with Crippen molar-refractivity contribution < 1.29 is 13.6 Å². The molecule has 0 N–H and O–H groups in total. The van der Waals surface area contributed by atoms with Gasteiger partial charge in [0.25, 0.3) is 0 Å². The summed E-state index contributed by atoms with van der Waals surface area (Å²) >= 11 is 0. The summed E-state index contributed by atoms with van der Waals surface area (Å²) in [5.41, 5.74) is 4.63. The van der Waals surface area contributed by atoms with E-state index in [4.69, 9.17) is 13.6 Å². The molecule has 5 aromatic rings. The van der Waals surface area contributed by atoms with E-state index in [0.29, 0.717) is 5.92 Å². The Morgan fingerprint density at radius 2 is 1.60 bits per heavy atom. The molecule has 25 heavy (non-hydrogen) atoms. The molecule has 0 saturated heterocycles. The van der Waals surface area contributed by atoms with Crippen LogP contribution in [0.15, 0.2) is 57.4 Å². The Morgan fingerprint density at radius 1 is 0.800 bits per heavy atom. The van der Waals surface area contributed by atoms with E-state index in [0.717, 1.165) is 49.6 Å². The average molecular weight is 330 g/mol. The Kier molecular flexibility index (Phi) is 2.90. The third-order valence-electron chi connectivity index (χ3n) is 4.95. The van der Waals surface area contributed by atoms with Crippen LogP contribution in [0.25, 0.3) is 43.9 Å². The lowest BCUT2D eigenvalue weighted by Crippen LogP contribution is -1.88. The van der Waals surface area contributed by atoms with Crippen molar-refractivity contribution in [1.29, 1.82) is 0 Å². The summed E-state index contributed by atoms with van der Waals surface area (Å²) in [5, 5.41) is 4.47. The lowest BCUT2D eigenvalue weighted by atomic mass is 9.95. The molecule has 2 heterocycles. The maximum atomic E-state index is 6.22. The van der Waals surface area contributed by atoms with Crippen LogP contribution in [-0.4, -0.2) is 7.11 Å². The smallest absolute Gasteiger partial charge is 0.178 e. The molecule has 0 saturated carbocycles. The molecule has 0 aliphatic rings. The van der Waals surface area contributed by atoms with E-state index in [2.05, 4.69) is 38.1 Å². The van der Waals surface area contributed by atoms with E-state index < -0.39 is 0 Å². The van der Waals surface area contributed by atoms with Crippen molar-refractivity contribution in [3.05, 3.63) is 54.1 Å². The van der Waals surface area contributed by atoms with Gasteiger partial charge in [-0.25, -0.2) is 0 Å². The first kappa shape index (κ1) is 14.4. The Hall–Kier alpha value is -2.94. The quantitative estimate of drug-likeness (QED) is 0.365. The van der Waals surface area contributed by atoms with Gasteiger partial charge in [0.1, 0.15) is 16.9 Å². The Balaban J connectivity index is 2.03. The zero-order valence-electron chi connectivity index (χ0n) is 14.4. The van der Waals surface area contributed by atoms with Crippen LogP contribution in [-0.2, 0) is 0 Å². The van der Waals surface area contributed by atoms with E-state index in [-0.39, 0.29) is 0 Å². The summed E-state index contributed by atoms with van der Waals surface area (Å²) in [6.07, 6.45) is 0. The normalized spacial score (nSPS) is 12.2. The van der Waals surface area contributed by atoms with E-state index in [1.165, 1.54) is 5.56 Å². The minimum absolute atomic E-state index is 0.385. The first-order valence-corrected chi connectivity index (χ1v) is 8.51. The van der Waals surface area contributed by atoms with Gasteiger partial charge in [-0.3, -0.25) is 0 Å². The van der Waals surface area contributed by atoms with Gasteiger partial charge in [-0.05, 0) is 35.7 Å². The molecule has 0 radical (unpaired) electrons. The fraction of sp³-hybridized carbons (Fsp3) is 0.182. The zero-order chi connectivity index (χ0) is 17.1. The molecule has 2 aromatic heterocycles. The standard InChI is InChI=1S/C22H18O3/c1-12(2)16-11-17-14-9-8-13(23-3)10-19(14)25-21(17)22-20(16)15-6-4-5-7-18(15)24-22/h4-12H,1-3H3. The zero-order valence-corrected chi connectivity index (χ0v) is 14.4. The van der Waals surface area contributed by atoms with Gasteiger partial charge < -0.3 is 13.6 Å². The molecule has 0 aliphatic heterocycles. The summed E-state index contributed by atoms with van der Waals surface area (Å²) in [4.78, 5) is 0. The van der Waals surface area contributed by atoms with E-state index in [9.17, 15) is 0 Å². The summed E-state index contributed by atoms with van der Waals surface area (Å²) in [7, 11) is 1.66. The maximum Gasteiger partial charge on any atom is 0.178 e. The molecule has 0 unspecified atom stereocenters. The largest absolute Gasteiger partial charge is 0.497 e. The summed E-state index contributed by atoms with van der Waals surface area (Å²) in [6.45, 7) is 4.43. The van der Waals surface area contributed by atoms with Crippen molar-refractivity contribution in [2.45, 2.75) is 19.8 Å². The summed E-state index contributed by atoms with van der Waals surface area (Å²) in [6, 6.07) is 16.4. The lowest BCUT2D eigenvalue weighted by Gasteiger charge is -2.07. The predicted molar refractivity (Wildman–Crippen MR) is 102 cm³/mol. The second-order valence-corrected chi connectivity index (χ2v) is 6.76. The highest BCUT2D eigenvalue weighted by molar-refractivity contribution is 6.20. The van der Waals surface area contributed by atoms with Crippen molar-refractivity contribution in [2.24, 2.45) is 0 Å². The van der Waals surface area contributed by atoms with Gasteiger partial charge in [0, 0.05) is 27.6 Å². The molecule has 0 atom stereocenters. The predicted octanol–water partition coefficient (Wildman–Crippen LogP) is 6.62. The van der Waals surface area contributed by atoms with Gasteiger partial charge >= 0.3 is 0 Å². The van der Waals surface area contributed by atoms with Gasteiger partial charge in [0.2, 0.25) is 0 Å². The van der Waals surface area contributed by atoms with Crippen LogP contribution in [0.1, 0.15) is 25.3 Å². The van der Waals surface area contributed by atoms with Crippen molar-refractivity contribution in [2.75, 3.05) is 7.11 Å². The van der Waals surface area contributed by atoms with Gasteiger partial charge in [0.05, 0.1) is 7.11 Å². The monoisotopic (exact) mass is 330 g/mol. The van der Waals surface area contributed by atoms with Crippen LogP contribution in [0, 0.1) is 0 Å². The third kappa shape index (κ3) is 1.92. The molecule has 0 spiro atoms. The van der Waals surface area contributed by atoms with Crippen LogP contribution in [0.2, 0.25) is 0 Å². The molecule has 0 bridgehead atoms. The van der Waals surface area contributed by atoms with Crippen LogP contribution in [0.3, 0.4) is 0 Å². The SMILES string of the molecule is COc1ccc2c(c1)oc1c2cc(C(C)C)c2c3ccccc3oc12. The highest BCUT2D eigenvalue weighted by Crippen LogP contribution is 2.43. The molecule has 0 fully saturated rings. The van der Waals surface area contributed by atoms with Crippen molar-refractivity contribution in [3.63, 3.8) is 0 Å². The molecular weight excluding hydrogens is 312 g/mol. The van der Waals surface area contributed by atoms with Crippen molar-refractivity contribution in [1.82, 2.24) is 0 Å². The molecule has 3 nitrogen and oxygen atoms in total. The number of furan rings is 2. The summed E-state index contributed by atoms with van der Waals surface area (Å²) in [5.74, 6) is 1.17. The number of hydrogen-bond donors (Lipinski definition) is 0. The molecule has 0 aliphatic carbocycles. The molecule has 3 heteroatoms. The van der Waals surface area contributed by atoms with Crippen LogP contribution >= 0.6 is 0 Å². The minimum atomic E-state index is 0.385. The number of fused-ring (bicyclic) bond motifs is 7. The van der Waals surface area contributed by atoms with Crippen LogP contribution < -0.4 is 4.74 Å². The highest BCUT2D eigenvalue weighted by atomic mass is 16.5. The minimum Gasteiger partial charge on any atom is -0.497 e. The molecule has 3 aromatic carbocycles. The van der Waals surface area contributed by atoms with Gasteiger partial charge in [-0.1, -0.05) is 32.0 Å². The first-order chi connectivity index (χ1) is 12.2. The van der Waals surface area contributed by atoms with Crippen LogP contribution in [0.5, 0.6) is 5.75 Å². The van der Waals surface area contributed by atoms with Gasteiger partial charge in [-0.2, -0.15) is 0 Å². The topological polar surface area (TPSA) is 35.5 Å². The third-order valence-corrected chi connectivity index (χ3v) is 4.95. The fourth-order valence-electron chi connectivity index (χ4n) is 3.71. The number of para-hydroxylation sites is 1. The number of hydrogen-bond acceptors (Lipinski definition) is 3. The van der Waals surface area contributed by atoms with Crippen molar-refractivity contribution >= 4 is 43.9 Å². The van der Waals surface area contributed by atoms with Crippen molar-refractivity contribution in [3.8, 4) is 5.75 Å². The number of ether oxygens (including phenoxy) is 1. The first-order valence-electron chi connectivity index (χ1n) is 8.51. The van der Waals surface area contributed by atoms with Gasteiger partial charge in [-0.15, -0.1) is 0 Å². The number of methoxy groups -OCH3 is 1. The Bertz CT molecular complexity index is 1250. The molecule has 5 rings (SSSR count). The summed E-state index contributed by atoms with van der Waals surface area (Å²) < 4.78 is 17.7. The molecule has 124 valence electrons. The fourth-order valence-corrected chi connectivity index (χ4v) is 3.71. The Labute approximate surface area is 144 Å². The van der Waals surface area contributed by atoms with E-state index in [1.807, 2.05) is 24.3 Å².